The van der Waals surface area contributed by atoms with Crippen LogP contribution in [0.1, 0.15) is 18.7 Å². The molecule has 2 heterocycles. The number of amides is 1. The Hall–Kier alpha value is -1.56. The number of thiophene rings is 1. The number of amidine groups is 1. The Balaban J connectivity index is 1.97. The van der Waals surface area contributed by atoms with Gasteiger partial charge in [0, 0.05) is 11.4 Å². The number of carbonyl (C=O) groups excluding carboxylic acids is 1. The van der Waals surface area contributed by atoms with Crippen molar-refractivity contribution in [3.63, 3.8) is 0 Å². The highest BCUT2D eigenvalue weighted by Crippen LogP contribution is 2.36. The van der Waals surface area contributed by atoms with Crippen LogP contribution < -0.4 is 0 Å². The van der Waals surface area contributed by atoms with Gasteiger partial charge in [0.1, 0.15) is 0 Å². The summed E-state index contributed by atoms with van der Waals surface area (Å²) in [4.78, 5) is 20.9. The lowest BCUT2D eigenvalue weighted by atomic mass is 10.2. The molecule has 1 saturated heterocycles. The predicted octanol–water partition coefficient (Wildman–Crippen LogP) is 5.66. The van der Waals surface area contributed by atoms with Gasteiger partial charge in [-0.2, -0.15) is 0 Å². The fraction of sp³-hybridized carbons (Fsp3) is 0.222. The zero-order chi connectivity index (χ0) is 17.1. The third kappa shape index (κ3) is 3.91. The Morgan fingerprint density at radius 3 is 2.71 bits per heavy atom. The molecule has 1 amide bonds. The summed E-state index contributed by atoms with van der Waals surface area (Å²) in [6, 6.07) is 11.4. The maximum absolute atomic E-state index is 12.8. The second-order valence-electron chi connectivity index (χ2n) is 5.78. The zero-order valence-electron chi connectivity index (χ0n) is 13.4. The van der Waals surface area contributed by atoms with E-state index in [1.807, 2.05) is 41.8 Å². The Labute approximate surface area is 155 Å². The number of hydrogen-bond acceptors (Lipinski definition) is 4. The number of thioether (sulfide) groups is 1. The number of para-hydroxylation sites is 1. The number of rotatable bonds is 4. The van der Waals surface area contributed by atoms with Gasteiger partial charge in [-0.05, 0) is 47.3 Å². The molecule has 6 heteroatoms. The van der Waals surface area contributed by atoms with Gasteiger partial charge in [-0.25, -0.2) is 4.99 Å². The van der Waals surface area contributed by atoms with E-state index in [0.717, 1.165) is 4.88 Å². The molecule has 0 radical (unpaired) electrons. The average molecular weight is 377 g/mol. The zero-order valence-corrected chi connectivity index (χ0v) is 15.8. The molecule has 0 aliphatic carbocycles. The van der Waals surface area contributed by atoms with Gasteiger partial charge in [-0.15, -0.1) is 11.3 Å². The van der Waals surface area contributed by atoms with E-state index in [0.29, 0.717) is 33.2 Å². The van der Waals surface area contributed by atoms with Crippen molar-refractivity contribution in [2.45, 2.75) is 13.8 Å². The van der Waals surface area contributed by atoms with Crippen LogP contribution in [0.5, 0.6) is 0 Å². The quantitative estimate of drug-likeness (QED) is 0.645. The van der Waals surface area contributed by atoms with Crippen molar-refractivity contribution in [2.75, 3.05) is 6.54 Å². The Bertz CT molecular complexity index is 797. The van der Waals surface area contributed by atoms with Crippen LogP contribution >= 0.6 is 34.7 Å². The van der Waals surface area contributed by atoms with E-state index >= 15 is 0 Å². The van der Waals surface area contributed by atoms with Crippen LogP contribution in [0.15, 0.2) is 51.7 Å². The van der Waals surface area contributed by atoms with Crippen LogP contribution in [-0.2, 0) is 4.79 Å². The summed E-state index contributed by atoms with van der Waals surface area (Å²) in [6.07, 6.45) is 1.93. The van der Waals surface area contributed by atoms with Gasteiger partial charge in [0.25, 0.3) is 5.91 Å². The normalized spacial score (nSPS) is 18.3. The molecule has 1 aliphatic rings. The van der Waals surface area contributed by atoms with Crippen molar-refractivity contribution >= 4 is 57.5 Å². The van der Waals surface area contributed by atoms with Crippen LogP contribution in [0.2, 0.25) is 5.02 Å². The molecule has 1 aromatic heterocycles. The molecule has 3 rings (SSSR count). The van der Waals surface area contributed by atoms with Crippen LogP contribution in [-0.4, -0.2) is 22.5 Å². The van der Waals surface area contributed by atoms with Gasteiger partial charge < -0.3 is 0 Å². The maximum Gasteiger partial charge on any atom is 0.266 e. The Morgan fingerprint density at radius 1 is 1.25 bits per heavy atom. The molecule has 0 atom stereocenters. The Morgan fingerprint density at radius 2 is 2.04 bits per heavy atom. The lowest BCUT2D eigenvalue weighted by Gasteiger charge is -2.17. The van der Waals surface area contributed by atoms with Crippen molar-refractivity contribution in [3.8, 4) is 0 Å². The topological polar surface area (TPSA) is 32.7 Å². The third-order valence-corrected chi connectivity index (χ3v) is 5.47. The molecule has 2 aromatic rings. The van der Waals surface area contributed by atoms with Crippen LogP contribution in [0.25, 0.3) is 6.08 Å². The molecule has 1 fully saturated rings. The molecule has 0 spiro atoms. The van der Waals surface area contributed by atoms with Gasteiger partial charge in [0.15, 0.2) is 5.17 Å². The summed E-state index contributed by atoms with van der Waals surface area (Å²) >= 11 is 9.23. The number of benzene rings is 1. The summed E-state index contributed by atoms with van der Waals surface area (Å²) in [5, 5.41) is 3.27. The molecule has 3 nitrogen and oxygen atoms in total. The molecule has 0 unspecified atom stereocenters. The summed E-state index contributed by atoms with van der Waals surface area (Å²) in [7, 11) is 0. The highest BCUT2D eigenvalue weighted by atomic mass is 35.5. The fourth-order valence-corrected chi connectivity index (χ4v) is 4.17. The van der Waals surface area contributed by atoms with E-state index in [2.05, 4.69) is 18.8 Å². The molecule has 1 aliphatic heterocycles. The van der Waals surface area contributed by atoms with Crippen molar-refractivity contribution in [1.82, 2.24) is 4.90 Å². The van der Waals surface area contributed by atoms with Gasteiger partial charge in [-0.1, -0.05) is 43.6 Å². The third-order valence-electron chi connectivity index (χ3n) is 3.32. The van der Waals surface area contributed by atoms with Gasteiger partial charge >= 0.3 is 0 Å². The van der Waals surface area contributed by atoms with Crippen molar-refractivity contribution in [3.05, 3.63) is 56.6 Å². The standard InChI is InChI=1S/C18H17ClN2OS2/c1-12(2)11-21-17(22)16(10-13-6-5-9-23-13)24-18(21)20-15-8-4-3-7-14(15)19/h3-10,12H,11H2,1-2H3/b16-10+,20-18?. The first-order chi connectivity index (χ1) is 11.5. The molecule has 0 bridgehead atoms. The number of aliphatic imine (C=N–C) groups is 1. The maximum atomic E-state index is 12.8. The SMILES string of the molecule is CC(C)CN1C(=O)/C(=C\c2cccs2)SC1=Nc1ccccc1Cl. The highest BCUT2D eigenvalue weighted by Gasteiger charge is 2.33. The minimum Gasteiger partial charge on any atom is -0.286 e. The van der Waals surface area contributed by atoms with E-state index in [9.17, 15) is 4.79 Å². The predicted molar refractivity (Wildman–Crippen MR) is 105 cm³/mol. The summed E-state index contributed by atoms with van der Waals surface area (Å²) in [5.74, 6) is 0.361. The van der Waals surface area contributed by atoms with Crippen molar-refractivity contribution in [1.29, 1.82) is 0 Å². The number of halogens is 1. The first kappa shape index (κ1) is 17.3. The first-order valence-corrected chi connectivity index (χ1v) is 9.70. The molecule has 24 heavy (non-hydrogen) atoms. The van der Waals surface area contributed by atoms with E-state index in [1.54, 1.807) is 22.3 Å². The molecule has 0 N–H and O–H groups in total. The van der Waals surface area contributed by atoms with Crippen molar-refractivity contribution in [2.24, 2.45) is 10.9 Å². The Kier molecular flexibility index (Phi) is 5.43. The minimum atomic E-state index is 0.00732. The van der Waals surface area contributed by atoms with Crippen LogP contribution in [0, 0.1) is 5.92 Å². The van der Waals surface area contributed by atoms with E-state index in [4.69, 9.17) is 11.6 Å². The second-order valence-corrected chi connectivity index (χ2v) is 8.18. The second kappa shape index (κ2) is 7.55. The van der Waals surface area contributed by atoms with Gasteiger partial charge in [0.05, 0.1) is 15.6 Å². The molecule has 0 saturated carbocycles. The molecular formula is C18H17ClN2OS2. The van der Waals surface area contributed by atoms with Crippen LogP contribution in [0.3, 0.4) is 0 Å². The summed E-state index contributed by atoms with van der Waals surface area (Å²) < 4.78 is 0. The average Bonchev–Trinajstić information content (AvgIpc) is 3.14. The monoisotopic (exact) mass is 376 g/mol. The summed E-state index contributed by atoms with van der Waals surface area (Å²) in [5.41, 5.74) is 0.681. The van der Waals surface area contributed by atoms with Gasteiger partial charge in [0.2, 0.25) is 0 Å². The van der Waals surface area contributed by atoms with E-state index < -0.39 is 0 Å². The number of hydrogen-bond donors (Lipinski definition) is 0. The molecular weight excluding hydrogens is 360 g/mol. The highest BCUT2D eigenvalue weighted by molar-refractivity contribution is 8.18. The van der Waals surface area contributed by atoms with Crippen molar-refractivity contribution < 1.29 is 4.79 Å². The first-order valence-electron chi connectivity index (χ1n) is 7.62. The van der Waals surface area contributed by atoms with E-state index in [-0.39, 0.29) is 5.91 Å². The number of carbonyl (C=O) groups is 1. The minimum absolute atomic E-state index is 0.00732. The molecule has 124 valence electrons. The van der Waals surface area contributed by atoms with E-state index in [1.165, 1.54) is 11.8 Å². The summed E-state index contributed by atoms with van der Waals surface area (Å²) in [6.45, 7) is 4.81. The lowest BCUT2D eigenvalue weighted by Crippen LogP contribution is -2.32. The van der Waals surface area contributed by atoms with Gasteiger partial charge in [-0.3, -0.25) is 9.69 Å². The smallest absolute Gasteiger partial charge is 0.266 e. The van der Waals surface area contributed by atoms with Crippen LogP contribution in [0.4, 0.5) is 5.69 Å². The largest absolute Gasteiger partial charge is 0.286 e. The molecule has 1 aromatic carbocycles. The lowest BCUT2D eigenvalue weighted by molar-refractivity contribution is -0.122. The number of nitrogens with zero attached hydrogens (tertiary/aromatic N) is 2. The fourth-order valence-electron chi connectivity index (χ4n) is 2.27.